The molecule has 0 bridgehead atoms. The van der Waals surface area contributed by atoms with Gasteiger partial charge in [0.05, 0.1) is 15.6 Å². The zero-order valence-electron chi connectivity index (χ0n) is 10.1. The minimum Gasteiger partial charge on any atom is -0.397 e. The van der Waals surface area contributed by atoms with Crippen LogP contribution in [0.15, 0.2) is 30.3 Å². The lowest BCUT2D eigenvalue weighted by Crippen LogP contribution is -2.12. The average Bonchev–Trinajstić information content (AvgIpc) is 2.91. The number of anilines is 2. The summed E-state index contributed by atoms with van der Waals surface area (Å²) in [6.45, 7) is 3.35. The predicted octanol–water partition coefficient (Wildman–Crippen LogP) is 3.05. The number of nitrogens with zero attached hydrogens (tertiary/aromatic N) is 1. The summed E-state index contributed by atoms with van der Waals surface area (Å²) in [5.41, 5.74) is 9.18. The second kappa shape index (κ2) is 4.14. The van der Waals surface area contributed by atoms with E-state index in [2.05, 4.69) is 29.2 Å². The van der Waals surface area contributed by atoms with Gasteiger partial charge in [0.2, 0.25) is 0 Å². The molecule has 92 valence electrons. The molecule has 1 aromatic heterocycles. The van der Waals surface area contributed by atoms with Gasteiger partial charge in [-0.1, -0.05) is 24.3 Å². The van der Waals surface area contributed by atoms with Gasteiger partial charge in [0.15, 0.2) is 5.78 Å². The maximum absolute atomic E-state index is 11.4. The highest BCUT2D eigenvalue weighted by Crippen LogP contribution is 2.36. The molecule has 0 unspecified atom stereocenters. The first kappa shape index (κ1) is 11.3. The van der Waals surface area contributed by atoms with Gasteiger partial charge in [-0.15, -0.1) is 11.3 Å². The van der Waals surface area contributed by atoms with Gasteiger partial charge in [-0.05, 0) is 17.2 Å². The molecule has 1 aliphatic rings. The summed E-state index contributed by atoms with van der Waals surface area (Å²) < 4.78 is 0. The monoisotopic (exact) mass is 258 g/mol. The van der Waals surface area contributed by atoms with E-state index in [9.17, 15) is 4.79 Å². The van der Waals surface area contributed by atoms with Crippen LogP contribution in [-0.2, 0) is 13.1 Å². The first-order chi connectivity index (χ1) is 8.65. The van der Waals surface area contributed by atoms with E-state index in [1.807, 2.05) is 6.07 Å². The smallest absolute Gasteiger partial charge is 0.171 e. The van der Waals surface area contributed by atoms with E-state index in [0.29, 0.717) is 10.6 Å². The van der Waals surface area contributed by atoms with E-state index >= 15 is 0 Å². The van der Waals surface area contributed by atoms with Crippen LogP contribution in [0.1, 0.15) is 27.7 Å². The molecule has 3 rings (SSSR count). The van der Waals surface area contributed by atoms with E-state index in [1.165, 1.54) is 22.5 Å². The molecule has 0 atom stereocenters. The van der Waals surface area contributed by atoms with Crippen LogP contribution in [0.4, 0.5) is 10.7 Å². The summed E-state index contributed by atoms with van der Waals surface area (Å²) in [6.07, 6.45) is 0. The quantitative estimate of drug-likeness (QED) is 0.842. The molecule has 3 nitrogen and oxygen atoms in total. The van der Waals surface area contributed by atoms with Gasteiger partial charge >= 0.3 is 0 Å². The van der Waals surface area contributed by atoms with Crippen LogP contribution >= 0.6 is 11.3 Å². The Bertz CT molecular complexity index is 593. The standard InChI is InChI=1S/C14H14N2OS/c1-9(17)14-12(15)6-13(18-14)16-7-10-4-2-3-5-11(10)8-16/h2-6H,7-8,15H2,1H3. The number of hydrogen-bond acceptors (Lipinski definition) is 4. The molecule has 0 radical (unpaired) electrons. The third-order valence-corrected chi connectivity index (χ3v) is 4.53. The molecule has 2 heterocycles. The Balaban J connectivity index is 1.91. The van der Waals surface area contributed by atoms with Gasteiger partial charge in [-0.25, -0.2) is 0 Å². The second-order valence-electron chi connectivity index (χ2n) is 4.55. The van der Waals surface area contributed by atoms with Crippen molar-refractivity contribution in [2.24, 2.45) is 0 Å². The van der Waals surface area contributed by atoms with Crippen molar-refractivity contribution in [2.45, 2.75) is 20.0 Å². The normalized spacial score (nSPS) is 13.7. The van der Waals surface area contributed by atoms with Crippen LogP contribution in [0.2, 0.25) is 0 Å². The summed E-state index contributed by atoms with van der Waals surface area (Å²) in [5.74, 6) is 0.0421. The van der Waals surface area contributed by atoms with Gasteiger partial charge in [0.25, 0.3) is 0 Å². The number of carbonyl (C=O) groups is 1. The summed E-state index contributed by atoms with van der Waals surface area (Å²) in [4.78, 5) is 14.4. The zero-order chi connectivity index (χ0) is 12.7. The number of thiophene rings is 1. The number of carbonyl (C=O) groups excluding carboxylic acids is 1. The van der Waals surface area contributed by atoms with Crippen molar-refractivity contribution in [3.63, 3.8) is 0 Å². The van der Waals surface area contributed by atoms with Gasteiger partial charge in [0.1, 0.15) is 0 Å². The summed E-state index contributed by atoms with van der Waals surface area (Å²) in [7, 11) is 0. The minimum atomic E-state index is 0.0421. The lowest BCUT2D eigenvalue weighted by Gasteiger charge is -2.14. The largest absolute Gasteiger partial charge is 0.397 e. The maximum atomic E-state index is 11.4. The third kappa shape index (κ3) is 1.78. The molecule has 0 spiro atoms. The number of Topliss-reactive ketones (excluding diaryl/α,β-unsaturated/α-hetero) is 1. The molecule has 2 N–H and O–H groups in total. The molecule has 1 aliphatic heterocycles. The fourth-order valence-corrected chi connectivity index (χ4v) is 3.29. The van der Waals surface area contributed by atoms with Crippen molar-refractivity contribution in [3.8, 4) is 0 Å². The third-order valence-electron chi connectivity index (χ3n) is 3.22. The molecule has 18 heavy (non-hydrogen) atoms. The lowest BCUT2D eigenvalue weighted by atomic mass is 10.1. The molecule has 0 fully saturated rings. The topological polar surface area (TPSA) is 46.3 Å². The fraction of sp³-hybridized carbons (Fsp3) is 0.214. The number of rotatable bonds is 2. The highest BCUT2D eigenvalue weighted by atomic mass is 32.1. The van der Waals surface area contributed by atoms with Crippen molar-refractivity contribution in [1.82, 2.24) is 0 Å². The van der Waals surface area contributed by atoms with Gasteiger partial charge < -0.3 is 10.6 Å². The number of nitrogens with two attached hydrogens (primary N) is 1. The van der Waals surface area contributed by atoms with E-state index in [1.54, 1.807) is 6.92 Å². The maximum Gasteiger partial charge on any atom is 0.171 e. The second-order valence-corrected chi connectivity index (χ2v) is 5.58. The van der Waals surface area contributed by atoms with Gasteiger partial charge in [-0.2, -0.15) is 0 Å². The summed E-state index contributed by atoms with van der Waals surface area (Å²) >= 11 is 1.49. The first-order valence-electron chi connectivity index (χ1n) is 5.87. The van der Waals surface area contributed by atoms with E-state index in [0.717, 1.165) is 18.1 Å². The lowest BCUT2D eigenvalue weighted by molar-refractivity contribution is 0.102. The zero-order valence-corrected chi connectivity index (χ0v) is 11.0. The van der Waals surface area contributed by atoms with Crippen molar-refractivity contribution in [3.05, 3.63) is 46.3 Å². The Morgan fingerprint density at radius 2 is 1.89 bits per heavy atom. The van der Waals surface area contributed by atoms with Gasteiger partial charge in [0, 0.05) is 20.0 Å². The van der Waals surface area contributed by atoms with E-state index < -0.39 is 0 Å². The van der Waals surface area contributed by atoms with E-state index in [4.69, 9.17) is 5.73 Å². The van der Waals surface area contributed by atoms with Crippen LogP contribution in [0.25, 0.3) is 0 Å². The Kier molecular flexibility index (Phi) is 2.59. The van der Waals surface area contributed by atoms with Crippen LogP contribution in [-0.4, -0.2) is 5.78 Å². The Labute approximate surface area is 110 Å². The molecule has 2 aromatic rings. The Morgan fingerprint density at radius 1 is 1.28 bits per heavy atom. The number of nitrogen functional groups attached to an aromatic ring is 1. The van der Waals surface area contributed by atoms with Crippen molar-refractivity contribution in [1.29, 1.82) is 0 Å². The molecule has 4 heteroatoms. The van der Waals surface area contributed by atoms with Crippen LogP contribution < -0.4 is 10.6 Å². The van der Waals surface area contributed by atoms with Crippen molar-refractivity contribution >= 4 is 27.8 Å². The molecule has 0 amide bonds. The Morgan fingerprint density at radius 3 is 2.39 bits per heavy atom. The number of ketones is 1. The molecule has 0 saturated carbocycles. The first-order valence-corrected chi connectivity index (χ1v) is 6.69. The van der Waals surface area contributed by atoms with Crippen molar-refractivity contribution in [2.75, 3.05) is 10.6 Å². The summed E-state index contributed by atoms with van der Waals surface area (Å²) in [6, 6.07) is 10.3. The summed E-state index contributed by atoms with van der Waals surface area (Å²) in [5, 5.41) is 1.08. The molecule has 0 aliphatic carbocycles. The highest BCUT2D eigenvalue weighted by molar-refractivity contribution is 7.18. The minimum absolute atomic E-state index is 0.0421. The molecule has 0 saturated heterocycles. The highest BCUT2D eigenvalue weighted by Gasteiger charge is 2.21. The van der Waals surface area contributed by atoms with Crippen molar-refractivity contribution < 1.29 is 4.79 Å². The molecule has 1 aromatic carbocycles. The molecular formula is C14H14N2OS. The SMILES string of the molecule is CC(=O)c1sc(N2Cc3ccccc3C2)cc1N. The molecular weight excluding hydrogens is 244 g/mol. The number of benzene rings is 1. The van der Waals surface area contributed by atoms with Crippen LogP contribution in [0.5, 0.6) is 0 Å². The Hall–Kier alpha value is -1.81. The number of fused-ring (bicyclic) bond motifs is 1. The van der Waals surface area contributed by atoms with E-state index in [-0.39, 0.29) is 5.78 Å². The van der Waals surface area contributed by atoms with Crippen LogP contribution in [0.3, 0.4) is 0 Å². The van der Waals surface area contributed by atoms with Crippen LogP contribution in [0, 0.1) is 0 Å². The number of hydrogen-bond donors (Lipinski definition) is 1. The van der Waals surface area contributed by atoms with Gasteiger partial charge in [-0.3, -0.25) is 4.79 Å². The predicted molar refractivity (Wildman–Crippen MR) is 75.1 cm³/mol. The average molecular weight is 258 g/mol. The fourth-order valence-electron chi connectivity index (χ4n) is 2.31.